The van der Waals surface area contributed by atoms with Crippen molar-refractivity contribution in [1.82, 2.24) is 0 Å². The molecule has 0 aliphatic carbocycles. The van der Waals surface area contributed by atoms with Crippen LogP contribution in [0.15, 0.2) is 35.3 Å². The minimum atomic E-state index is -0.370. The highest BCUT2D eigenvalue weighted by molar-refractivity contribution is 8.34. The third kappa shape index (κ3) is 4.88. The lowest BCUT2D eigenvalue weighted by Crippen LogP contribution is -2.08. The van der Waals surface area contributed by atoms with Gasteiger partial charge in [0.05, 0.1) is 12.1 Å². The molecule has 0 saturated carbocycles. The minimum absolute atomic E-state index is 0.182. The molecule has 0 unspecified atom stereocenters. The molecule has 86 valence electrons. The van der Waals surface area contributed by atoms with Gasteiger partial charge in [-0.15, -0.1) is 0 Å². The molecule has 0 spiro atoms. The predicted octanol–water partition coefficient (Wildman–Crippen LogP) is 3.33. The molecule has 3 nitrogen and oxygen atoms in total. The van der Waals surface area contributed by atoms with E-state index in [1.54, 1.807) is 24.3 Å². The molecule has 0 N–H and O–H groups in total. The van der Waals surface area contributed by atoms with Crippen LogP contribution in [0.3, 0.4) is 0 Å². The van der Waals surface area contributed by atoms with E-state index in [9.17, 15) is 4.79 Å². The summed E-state index contributed by atoms with van der Waals surface area (Å²) in [6.07, 6.45) is 0. The summed E-state index contributed by atoms with van der Waals surface area (Å²) in [7, 11) is 6.16. The Kier molecular flexibility index (Phi) is 6.30. The third-order valence-electron chi connectivity index (χ3n) is 1.63. The van der Waals surface area contributed by atoms with Gasteiger partial charge in [0, 0.05) is 11.0 Å². The minimum Gasteiger partial charge on any atom is -0.460 e. The number of benzene rings is 1. The highest BCUT2D eigenvalue weighted by Crippen LogP contribution is 2.12. The molecule has 1 aromatic carbocycles. The van der Waals surface area contributed by atoms with E-state index in [1.165, 1.54) is 0 Å². The molecule has 0 atom stereocenters. The summed E-state index contributed by atoms with van der Waals surface area (Å²) in [6, 6.07) is 8.75. The van der Waals surface area contributed by atoms with E-state index in [-0.39, 0.29) is 17.1 Å². The van der Waals surface area contributed by atoms with Crippen molar-refractivity contribution in [1.29, 1.82) is 0 Å². The largest absolute Gasteiger partial charge is 0.460 e. The molecule has 0 radical (unpaired) electrons. The fourth-order valence-corrected chi connectivity index (χ4v) is 1.32. The lowest BCUT2D eigenvalue weighted by atomic mass is 10.2. The second-order valence-electron chi connectivity index (χ2n) is 2.71. The average Bonchev–Trinajstić information content (AvgIpc) is 2.35. The molecular weight excluding hydrogens is 269 g/mol. The van der Waals surface area contributed by atoms with Crippen LogP contribution >= 0.6 is 33.3 Å². The topological polar surface area (TPSA) is 38.7 Å². The maximum absolute atomic E-state index is 11.4. The van der Waals surface area contributed by atoms with Crippen molar-refractivity contribution in [2.24, 2.45) is 4.99 Å². The Bertz CT molecular complexity index is 370. The fraction of sp³-hybridized carbons (Fsp3) is 0.200. The van der Waals surface area contributed by atoms with Crippen LogP contribution in [0.4, 0.5) is 0 Å². The monoisotopic (exact) mass is 277 g/mol. The molecule has 0 heterocycles. The summed E-state index contributed by atoms with van der Waals surface area (Å²) in [6.45, 7) is 0.485. The van der Waals surface area contributed by atoms with E-state index in [0.29, 0.717) is 12.1 Å². The van der Waals surface area contributed by atoms with Gasteiger partial charge in [-0.3, -0.25) is 4.99 Å². The molecule has 0 aliphatic heterocycles. The first-order valence-electron chi connectivity index (χ1n) is 4.44. The standard InChI is InChI=1S/C10H9Cl2NO2S/c11-10(16-12)13-6-7-15-9(14)8-4-2-1-3-5-8/h1-5H,6-7H2/b13-10-. The van der Waals surface area contributed by atoms with E-state index in [4.69, 9.17) is 27.0 Å². The number of hydrogen-bond donors (Lipinski definition) is 0. The zero-order valence-electron chi connectivity index (χ0n) is 8.23. The molecule has 1 rings (SSSR count). The zero-order valence-corrected chi connectivity index (χ0v) is 10.6. The Morgan fingerprint density at radius 2 is 2.06 bits per heavy atom. The molecule has 6 heteroatoms. The third-order valence-corrected chi connectivity index (χ3v) is 2.92. The summed E-state index contributed by atoms with van der Waals surface area (Å²) in [5.41, 5.74) is 0.518. The summed E-state index contributed by atoms with van der Waals surface area (Å²) >= 11 is 5.54. The summed E-state index contributed by atoms with van der Waals surface area (Å²) < 4.78 is 5.20. The van der Waals surface area contributed by atoms with Crippen molar-refractivity contribution in [2.75, 3.05) is 13.2 Å². The summed E-state index contributed by atoms with van der Waals surface area (Å²) in [4.78, 5) is 15.3. The van der Waals surface area contributed by atoms with Crippen LogP contribution in [0.5, 0.6) is 0 Å². The van der Waals surface area contributed by atoms with E-state index in [1.807, 2.05) is 6.07 Å². The molecule has 0 aromatic heterocycles. The predicted molar refractivity (Wildman–Crippen MR) is 68.3 cm³/mol. The average molecular weight is 278 g/mol. The molecule has 16 heavy (non-hydrogen) atoms. The Morgan fingerprint density at radius 3 is 2.69 bits per heavy atom. The second-order valence-corrected chi connectivity index (χ2v) is 4.30. The van der Waals surface area contributed by atoms with Crippen LogP contribution in [0, 0.1) is 0 Å². The highest BCUT2D eigenvalue weighted by atomic mass is 35.7. The molecule has 0 aliphatic rings. The smallest absolute Gasteiger partial charge is 0.338 e. The lowest BCUT2D eigenvalue weighted by Gasteiger charge is -2.02. The van der Waals surface area contributed by atoms with Crippen molar-refractivity contribution in [3.63, 3.8) is 0 Å². The quantitative estimate of drug-likeness (QED) is 0.367. The van der Waals surface area contributed by atoms with Gasteiger partial charge in [-0.1, -0.05) is 29.8 Å². The van der Waals surface area contributed by atoms with Crippen molar-refractivity contribution < 1.29 is 9.53 Å². The maximum atomic E-state index is 11.4. The van der Waals surface area contributed by atoms with Crippen molar-refractivity contribution in [3.05, 3.63) is 35.9 Å². The number of carbonyl (C=O) groups excluding carboxylic acids is 1. The van der Waals surface area contributed by atoms with Gasteiger partial charge in [0.1, 0.15) is 6.61 Å². The van der Waals surface area contributed by atoms with Gasteiger partial charge in [0.15, 0.2) is 4.50 Å². The van der Waals surface area contributed by atoms with Crippen LogP contribution in [-0.4, -0.2) is 23.6 Å². The van der Waals surface area contributed by atoms with Crippen LogP contribution in [-0.2, 0) is 4.74 Å². The van der Waals surface area contributed by atoms with Gasteiger partial charge >= 0.3 is 5.97 Å². The second kappa shape index (κ2) is 7.54. The van der Waals surface area contributed by atoms with Gasteiger partial charge in [-0.05, 0) is 22.8 Å². The Balaban J connectivity index is 2.32. The van der Waals surface area contributed by atoms with Crippen LogP contribution in [0.1, 0.15) is 10.4 Å². The SMILES string of the molecule is O=C(OCC/N=C(/Cl)SCl)c1ccccc1. The van der Waals surface area contributed by atoms with Gasteiger partial charge in [-0.2, -0.15) is 0 Å². The number of halogens is 2. The number of esters is 1. The fourth-order valence-electron chi connectivity index (χ4n) is 0.954. The normalized spacial score (nSPS) is 11.2. The van der Waals surface area contributed by atoms with Gasteiger partial charge in [0.25, 0.3) is 0 Å². The van der Waals surface area contributed by atoms with Gasteiger partial charge in [-0.25, -0.2) is 4.79 Å². The summed E-state index contributed by atoms with van der Waals surface area (Å²) in [5.74, 6) is -0.370. The van der Waals surface area contributed by atoms with Crippen LogP contribution in [0.2, 0.25) is 0 Å². The molecular formula is C10H9Cl2NO2S. The molecule has 0 saturated heterocycles. The molecule has 0 bridgehead atoms. The number of carbonyl (C=O) groups is 1. The maximum Gasteiger partial charge on any atom is 0.338 e. The van der Waals surface area contributed by atoms with E-state index in [2.05, 4.69) is 4.99 Å². The first-order valence-corrected chi connectivity index (χ1v) is 6.47. The highest BCUT2D eigenvalue weighted by Gasteiger charge is 2.04. The van der Waals surface area contributed by atoms with Crippen molar-refractivity contribution >= 4 is 43.7 Å². The van der Waals surface area contributed by atoms with Gasteiger partial charge in [0.2, 0.25) is 0 Å². The molecule has 0 amide bonds. The Hall–Kier alpha value is -0.710. The first-order chi connectivity index (χ1) is 7.74. The summed E-state index contributed by atoms with van der Waals surface area (Å²) in [5, 5.41) is 0. The molecule has 0 fully saturated rings. The van der Waals surface area contributed by atoms with Crippen molar-refractivity contribution in [3.8, 4) is 0 Å². The van der Waals surface area contributed by atoms with Gasteiger partial charge < -0.3 is 4.74 Å². The Morgan fingerprint density at radius 1 is 1.38 bits per heavy atom. The number of aliphatic imine (C=N–C) groups is 1. The Labute approximate surface area is 107 Å². The first kappa shape index (κ1) is 13.4. The van der Waals surface area contributed by atoms with E-state index in [0.717, 1.165) is 11.0 Å². The van der Waals surface area contributed by atoms with Crippen LogP contribution in [0.25, 0.3) is 0 Å². The number of ether oxygens (including phenoxy) is 1. The van der Waals surface area contributed by atoms with Crippen LogP contribution < -0.4 is 0 Å². The number of rotatable bonds is 4. The lowest BCUT2D eigenvalue weighted by molar-refractivity contribution is 0.0517. The zero-order chi connectivity index (χ0) is 11.8. The van der Waals surface area contributed by atoms with E-state index >= 15 is 0 Å². The molecule has 1 aromatic rings. The number of nitrogens with zero attached hydrogens (tertiary/aromatic N) is 1. The van der Waals surface area contributed by atoms with E-state index < -0.39 is 0 Å². The number of hydrogen-bond acceptors (Lipinski definition) is 4. The van der Waals surface area contributed by atoms with Crippen molar-refractivity contribution in [2.45, 2.75) is 0 Å².